The van der Waals surface area contributed by atoms with E-state index in [1.807, 2.05) is 12.1 Å². The molecule has 0 saturated carbocycles. The van der Waals surface area contributed by atoms with Crippen molar-refractivity contribution in [2.45, 2.75) is 51.7 Å². The number of hydrogen-bond acceptors (Lipinski definition) is 2. The minimum absolute atomic E-state index is 0.1000. The van der Waals surface area contributed by atoms with Crippen LogP contribution >= 0.6 is 0 Å². The van der Waals surface area contributed by atoms with Gasteiger partial charge in [-0.05, 0) is 24.0 Å². The monoisotopic (exact) mass is 236 g/mol. The van der Waals surface area contributed by atoms with Crippen LogP contribution in [0.3, 0.4) is 0 Å². The van der Waals surface area contributed by atoms with Crippen molar-refractivity contribution in [2.75, 3.05) is 7.11 Å². The quantitative estimate of drug-likeness (QED) is 0.785. The van der Waals surface area contributed by atoms with Crippen molar-refractivity contribution in [3.8, 4) is 0 Å². The molecule has 0 radical (unpaired) electrons. The third kappa shape index (κ3) is 4.14. The molecule has 0 bridgehead atoms. The van der Waals surface area contributed by atoms with Crippen molar-refractivity contribution in [1.82, 2.24) is 0 Å². The molecule has 1 N–H and O–H groups in total. The molecular formula is C15H24O2. The smallest absolute Gasteiger partial charge is 0.105 e. The number of methoxy groups -OCH3 is 1. The molecule has 1 rings (SSSR count). The van der Waals surface area contributed by atoms with Gasteiger partial charge in [-0.1, -0.05) is 51.0 Å². The van der Waals surface area contributed by atoms with Gasteiger partial charge in [0.2, 0.25) is 0 Å². The lowest BCUT2D eigenvalue weighted by Gasteiger charge is -2.21. The number of hydrogen-bond donors (Lipinski definition) is 1. The van der Waals surface area contributed by atoms with E-state index in [1.165, 1.54) is 5.56 Å². The van der Waals surface area contributed by atoms with E-state index >= 15 is 0 Å². The minimum Gasteiger partial charge on any atom is -0.386 e. The largest absolute Gasteiger partial charge is 0.386 e. The first-order valence-electron chi connectivity index (χ1n) is 6.52. The first kappa shape index (κ1) is 14.2. The zero-order chi connectivity index (χ0) is 12.7. The molecule has 2 heteroatoms. The van der Waals surface area contributed by atoms with Gasteiger partial charge in [0, 0.05) is 7.11 Å². The fourth-order valence-corrected chi connectivity index (χ4v) is 2.07. The Morgan fingerprint density at radius 1 is 1.12 bits per heavy atom. The summed E-state index contributed by atoms with van der Waals surface area (Å²) in [7, 11) is 1.66. The molecule has 0 aromatic heterocycles. The van der Waals surface area contributed by atoms with Crippen LogP contribution in [0.1, 0.15) is 50.3 Å². The fourth-order valence-electron chi connectivity index (χ4n) is 2.07. The summed E-state index contributed by atoms with van der Waals surface area (Å²) in [5.74, 6) is 0. The van der Waals surface area contributed by atoms with E-state index in [4.69, 9.17) is 4.74 Å². The topological polar surface area (TPSA) is 29.5 Å². The Bertz CT molecular complexity index is 305. The summed E-state index contributed by atoms with van der Waals surface area (Å²) in [4.78, 5) is 0. The van der Waals surface area contributed by atoms with Gasteiger partial charge in [0.25, 0.3) is 0 Å². The van der Waals surface area contributed by atoms with E-state index in [-0.39, 0.29) is 6.10 Å². The summed E-state index contributed by atoms with van der Waals surface area (Å²) in [6.07, 6.45) is 3.53. The lowest BCUT2D eigenvalue weighted by Crippen LogP contribution is -2.20. The van der Waals surface area contributed by atoms with Crippen LogP contribution in [0.5, 0.6) is 0 Å². The molecule has 1 aromatic rings. The summed E-state index contributed by atoms with van der Waals surface area (Å²) in [5, 5.41) is 10.2. The standard InChI is InChI=1S/C15H24O2/c1-4-6-12-8-10-13(11-9-12)15(16)14(17-3)7-5-2/h8-11,14-16H,4-7H2,1-3H3. The van der Waals surface area contributed by atoms with E-state index in [2.05, 4.69) is 26.0 Å². The maximum Gasteiger partial charge on any atom is 0.105 e. The van der Waals surface area contributed by atoms with Crippen LogP contribution in [0.4, 0.5) is 0 Å². The molecule has 2 atom stereocenters. The highest BCUT2D eigenvalue weighted by Gasteiger charge is 2.19. The van der Waals surface area contributed by atoms with Crippen molar-refractivity contribution in [3.63, 3.8) is 0 Å². The van der Waals surface area contributed by atoms with Gasteiger partial charge in [0.05, 0.1) is 6.10 Å². The molecule has 0 spiro atoms. The zero-order valence-electron chi connectivity index (χ0n) is 11.1. The molecule has 0 fully saturated rings. The molecule has 0 aliphatic rings. The third-order valence-electron chi connectivity index (χ3n) is 3.09. The summed E-state index contributed by atoms with van der Waals surface area (Å²) in [6, 6.07) is 8.22. The molecule has 0 aliphatic carbocycles. The van der Waals surface area contributed by atoms with Crippen molar-refractivity contribution in [1.29, 1.82) is 0 Å². The Morgan fingerprint density at radius 2 is 1.76 bits per heavy atom. The molecule has 96 valence electrons. The normalized spacial score (nSPS) is 14.6. The summed E-state index contributed by atoms with van der Waals surface area (Å²) in [5.41, 5.74) is 2.28. The molecule has 0 heterocycles. The van der Waals surface area contributed by atoms with Crippen LogP contribution in [0.25, 0.3) is 0 Å². The van der Waals surface area contributed by atoms with Gasteiger partial charge < -0.3 is 9.84 Å². The summed E-state index contributed by atoms with van der Waals surface area (Å²) >= 11 is 0. The average Bonchev–Trinajstić information content (AvgIpc) is 2.36. The van der Waals surface area contributed by atoms with E-state index < -0.39 is 6.10 Å². The Labute approximate surface area is 105 Å². The molecule has 0 aliphatic heterocycles. The van der Waals surface area contributed by atoms with Gasteiger partial charge in [-0.15, -0.1) is 0 Å². The van der Waals surface area contributed by atoms with E-state index in [1.54, 1.807) is 7.11 Å². The van der Waals surface area contributed by atoms with Gasteiger partial charge in [0.15, 0.2) is 0 Å². The second-order valence-corrected chi connectivity index (χ2v) is 4.50. The Morgan fingerprint density at radius 3 is 2.24 bits per heavy atom. The average molecular weight is 236 g/mol. The van der Waals surface area contributed by atoms with E-state index in [9.17, 15) is 5.11 Å². The SMILES string of the molecule is CCCc1ccc(C(O)C(CCC)OC)cc1. The van der Waals surface area contributed by atoms with Gasteiger partial charge in [-0.3, -0.25) is 0 Å². The molecule has 17 heavy (non-hydrogen) atoms. The molecular weight excluding hydrogens is 212 g/mol. The summed E-state index contributed by atoms with van der Waals surface area (Å²) in [6.45, 7) is 4.27. The molecule has 2 unspecified atom stereocenters. The van der Waals surface area contributed by atoms with Crippen LogP contribution in [-0.2, 0) is 11.2 Å². The number of aliphatic hydroxyl groups is 1. The molecule has 0 saturated heterocycles. The van der Waals surface area contributed by atoms with Gasteiger partial charge in [0.1, 0.15) is 6.10 Å². The van der Waals surface area contributed by atoms with Crippen LogP contribution in [0, 0.1) is 0 Å². The minimum atomic E-state index is -0.518. The van der Waals surface area contributed by atoms with Crippen LogP contribution in [-0.4, -0.2) is 18.3 Å². The summed E-state index contributed by atoms with van der Waals surface area (Å²) < 4.78 is 5.33. The van der Waals surface area contributed by atoms with Gasteiger partial charge in [-0.2, -0.15) is 0 Å². The predicted molar refractivity (Wildman–Crippen MR) is 71.1 cm³/mol. The first-order chi connectivity index (χ1) is 8.22. The Balaban J connectivity index is 2.70. The molecule has 1 aromatic carbocycles. The maximum absolute atomic E-state index is 10.2. The predicted octanol–water partition coefficient (Wildman–Crippen LogP) is 3.49. The van der Waals surface area contributed by atoms with Crippen molar-refractivity contribution < 1.29 is 9.84 Å². The first-order valence-corrected chi connectivity index (χ1v) is 6.52. The highest BCUT2D eigenvalue weighted by molar-refractivity contribution is 5.24. The van der Waals surface area contributed by atoms with Crippen molar-refractivity contribution in [2.24, 2.45) is 0 Å². The second-order valence-electron chi connectivity index (χ2n) is 4.50. The van der Waals surface area contributed by atoms with Crippen LogP contribution in [0.15, 0.2) is 24.3 Å². The fraction of sp³-hybridized carbons (Fsp3) is 0.600. The highest BCUT2D eigenvalue weighted by atomic mass is 16.5. The number of rotatable bonds is 7. The lowest BCUT2D eigenvalue weighted by atomic mass is 9.99. The number of ether oxygens (including phenoxy) is 1. The lowest BCUT2D eigenvalue weighted by molar-refractivity contribution is -0.0179. The van der Waals surface area contributed by atoms with Crippen molar-refractivity contribution in [3.05, 3.63) is 35.4 Å². The second kappa shape index (κ2) is 7.46. The Hall–Kier alpha value is -0.860. The zero-order valence-corrected chi connectivity index (χ0v) is 11.1. The molecule has 2 nitrogen and oxygen atoms in total. The third-order valence-corrected chi connectivity index (χ3v) is 3.09. The van der Waals surface area contributed by atoms with Gasteiger partial charge in [-0.25, -0.2) is 0 Å². The van der Waals surface area contributed by atoms with Crippen LogP contribution < -0.4 is 0 Å². The molecule has 0 amide bonds. The number of aliphatic hydroxyl groups excluding tert-OH is 1. The Kier molecular flexibility index (Phi) is 6.23. The maximum atomic E-state index is 10.2. The number of aryl methyl sites for hydroxylation is 1. The number of benzene rings is 1. The van der Waals surface area contributed by atoms with Gasteiger partial charge >= 0.3 is 0 Å². The van der Waals surface area contributed by atoms with E-state index in [0.717, 1.165) is 31.2 Å². The van der Waals surface area contributed by atoms with Crippen LogP contribution in [0.2, 0.25) is 0 Å². The highest BCUT2D eigenvalue weighted by Crippen LogP contribution is 2.22. The van der Waals surface area contributed by atoms with E-state index in [0.29, 0.717) is 0 Å². The van der Waals surface area contributed by atoms with Crippen molar-refractivity contribution >= 4 is 0 Å².